The molecule has 70 heavy (non-hydrogen) atoms. The monoisotopic (exact) mass is 1040 g/mol. The quantitative estimate of drug-likeness (QED) is 0.0225. The van der Waals surface area contributed by atoms with Crippen LogP contribution in [0, 0.1) is 0 Å². The fraction of sp³-hybridized carbons (Fsp3) is 0.200. The molecular weight excluding hydrogens is 997 g/mol. The number of nitrogens with zero attached hydrogens (tertiary/aromatic N) is 8. The average Bonchev–Trinajstić information content (AvgIpc) is 3.25. The second-order valence-electron chi connectivity index (χ2n) is 13.7. The predicted octanol–water partition coefficient (Wildman–Crippen LogP) is -13.6. The number of aliphatic hydroxyl groups is 4. The van der Waals surface area contributed by atoms with Gasteiger partial charge in [0.05, 0.1) is 59.0 Å². The first-order valence-corrected chi connectivity index (χ1v) is 22.3. The zero-order valence-corrected chi connectivity index (χ0v) is 48.0. The fourth-order valence-electron chi connectivity index (χ4n) is 6.13. The number of aliphatic hydroxyl groups excluding tert-OH is 4. The Labute approximate surface area is 488 Å². The van der Waals surface area contributed by atoms with Crippen molar-refractivity contribution in [3.63, 3.8) is 0 Å². The Morgan fingerprint density at radius 1 is 0.500 bits per heavy atom. The summed E-state index contributed by atoms with van der Waals surface area (Å²) in [5.74, 6) is -0.512. The molecule has 8 N–H and O–H groups in total. The van der Waals surface area contributed by atoms with Crippen LogP contribution in [0.3, 0.4) is 0 Å². The molecule has 24 nitrogen and oxygen atoms in total. The first-order chi connectivity index (χ1) is 31.5. The van der Waals surface area contributed by atoms with Crippen LogP contribution in [0.5, 0.6) is 11.5 Å². The molecule has 4 aromatic carbocycles. The van der Waals surface area contributed by atoms with Crippen LogP contribution in [0.25, 0.3) is 12.2 Å². The Balaban J connectivity index is 0.00000420. The number of hydrogen-bond donors (Lipinski definition) is 8. The van der Waals surface area contributed by atoms with Gasteiger partial charge in [-0.2, -0.15) is 9.97 Å². The minimum absolute atomic E-state index is 0. The van der Waals surface area contributed by atoms with Crippen molar-refractivity contribution in [1.82, 2.24) is 29.9 Å². The Kier molecular flexibility index (Phi) is 26.4. The van der Waals surface area contributed by atoms with Crippen LogP contribution < -0.4 is 161 Å². The van der Waals surface area contributed by atoms with Gasteiger partial charge in [0.2, 0.25) is 34.4 Å². The molecule has 0 spiro atoms. The van der Waals surface area contributed by atoms with Gasteiger partial charge in [-0.1, -0.05) is 48.6 Å². The molecule has 2 aromatic heterocycles. The van der Waals surface area contributed by atoms with Gasteiger partial charge >= 0.3 is 118 Å². The molecule has 0 amide bonds. The molecule has 0 aliphatic rings. The molecule has 0 aliphatic carbocycles. The topological polar surface area (TPSA) is 386 Å². The molecule has 0 fully saturated rings. The molecule has 0 aliphatic heterocycles. The van der Waals surface area contributed by atoms with Crippen molar-refractivity contribution in [3.8, 4) is 11.5 Å². The molecule has 0 saturated heterocycles. The number of benzene rings is 4. The van der Waals surface area contributed by atoms with E-state index in [1.807, 2.05) is 0 Å². The predicted molar refractivity (Wildman–Crippen MR) is 229 cm³/mol. The van der Waals surface area contributed by atoms with E-state index in [1.165, 1.54) is 82.6 Å². The van der Waals surface area contributed by atoms with E-state index in [0.717, 1.165) is 24.3 Å². The Morgan fingerprint density at radius 3 is 1.16 bits per heavy atom. The summed E-state index contributed by atoms with van der Waals surface area (Å²) in [6, 6.07) is 18.2. The molecule has 348 valence electrons. The van der Waals surface area contributed by atoms with Gasteiger partial charge in [0, 0.05) is 26.2 Å². The number of aromatic amines is 4. The number of nitrogens with one attached hydrogen (secondary N) is 4. The van der Waals surface area contributed by atoms with Crippen molar-refractivity contribution in [2.75, 3.05) is 62.4 Å². The summed E-state index contributed by atoms with van der Waals surface area (Å²) in [5, 5.41) is 62.3. The minimum Gasteiger partial charge on any atom is -0.872 e. The van der Waals surface area contributed by atoms with Gasteiger partial charge in [-0.25, -0.2) is 36.8 Å². The van der Waals surface area contributed by atoms with Gasteiger partial charge < -0.3 is 49.5 Å². The van der Waals surface area contributed by atoms with Crippen LogP contribution in [0.15, 0.2) is 115 Å². The number of aromatic nitrogens is 6. The minimum atomic E-state index is -5.23. The summed E-state index contributed by atoms with van der Waals surface area (Å²) >= 11 is 0. The van der Waals surface area contributed by atoms with Crippen molar-refractivity contribution in [3.05, 3.63) is 119 Å². The maximum absolute atomic E-state index is 12.6. The SMILES string of the molecule is O=S(=O)([O-])c1cc(N=c2[nH]c(N(CCO)CCO)nc(=Nc3cccc([O-])c3)[nH]2)ccc1/C=C/c1ccc(N=c2[nH]c(N(CCO)CCO)nc(=Nc3cccc([O-])c3)[nH]2)cc1S(=O)(=O)[O-].[Na+].[Na+].[Na+].[Na+]. The summed E-state index contributed by atoms with van der Waals surface area (Å²) in [6.07, 6.45) is 2.22. The van der Waals surface area contributed by atoms with E-state index in [2.05, 4.69) is 49.9 Å². The second kappa shape index (κ2) is 29.4. The van der Waals surface area contributed by atoms with E-state index in [4.69, 9.17) is 0 Å². The van der Waals surface area contributed by atoms with Gasteiger partial charge in [-0.15, -0.1) is 11.5 Å². The molecule has 2 heterocycles. The summed E-state index contributed by atoms with van der Waals surface area (Å²) in [4.78, 5) is 38.8. The maximum Gasteiger partial charge on any atom is 1.00 e. The number of hydrogen-bond acceptors (Lipinski definition) is 20. The van der Waals surface area contributed by atoms with Crippen molar-refractivity contribution in [2.24, 2.45) is 20.0 Å². The van der Waals surface area contributed by atoms with Gasteiger partial charge in [-0.05, 0) is 59.7 Å². The first-order valence-electron chi connectivity index (χ1n) is 19.5. The fourth-order valence-corrected chi connectivity index (χ4v) is 7.51. The van der Waals surface area contributed by atoms with E-state index in [-0.39, 0.29) is 251 Å². The molecular formula is C40H40N12Na4O12S2. The molecule has 6 rings (SSSR count). The third-order valence-corrected chi connectivity index (χ3v) is 10.8. The van der Waals surface area contributed by atoms with Gasteiger partial charge in [-0.3, -0.25) is 19.9 Å². The van der Waals surface area contributed by atoms with Gasteiger partial charge in [0.25, 0.3) is 0 Å². The maximum atomic E-state index is 12.6. The normalized spacial score (nSPS) is 12.5. The number of H-pyrrole nitrogens is 4. The second-order valence-corrected chi connectivity index (χ2v) is 16.4. The van der Waals surface area contributed by atoms with Crippen LogP contribution in [0.2, 0.25) is 0 Å². The van der Waals surface area contributed by atoms with Gasteiger partial charge in [0.1, 0.15) is 20.2 Å². The molecule has 0 saturated carbocycles. The van der Waals surface area contributed by atoms with Crippen molar-refractivity contribution < 1.29 is 175 Å². The molecule has 0 atom stereocenters. The van der Waals surface area contributed by atoms with E-state index in [0.29, 0.717) is 0 Å². The largest absolute Gasteiger partial charge is 1.00 e. The van der Waals surface area contributed by atoms with Crippen LogP contribution in [0.4, 0.5) is 34.6 Å². The Morgan fingerprint density at radius 2 is 0.843 bits per heavy atom. The van der Waals surface area contributed by atoms with E-state index >= 15 is 0 Å². The average molecular weight is 1040 g/mol. The standard InChI is InChI=1S/C40H44N12O12S2.4Na/c53-17-13-51(14-18-54)39-47-35(41-27-3-1-5-31(57)21-27)45-37(49-39)43-29-11-9-25(33(23-29)65(59,60)61)7-8-26-10-12-30(24-34(26)66(62,63)64)44-38-46-36(42-28-4-2-6-32(58)22-28)48-40(50-38)52(15-19-55)16-20-56;;;;/h1-12,21-24,53-58H,13-20H2,(H,59,60,61)(H,62,63,64)(H2,41,43,45,47,49)(H2,42,44,46,48,50);;;;/q;4*+1/p-4/b8-7+;;;;. The Bertz CT molecular complexity index is 3040. The number of anilines is 2. The zero-order chi connectivity index (χ0) is 47.4. The molecule has 30 heteroatoms. The van der Waals surface area contributed by atoms with Crippen molar-refractivity contribution >= 4 is 67.0 Å². The third kappa shape index (κ3) is 18.3. The molecule has 0 bridgehead atoms. The third-order valence-electron chi connectivity index (χ3n) is 8.99. The zero-order valence-electron chi connectivity index (χ0n) is 38.3. The Hall–Kier alpha value is -3.30. The molecule has 0 unspecified atom stereocenters. The summed E-state index contributed by atoms with van der Waals surface area (Å²) in [5.41, 5.74) is -0.458. The van der Waals surface area contributed by atoms with Crippen LogP contribution in [-0.4, -0.2) is 129 Å². The summed E-state index contributed by atoms with van der Waals surface area (Å²) < 4.78 is 75.6. The van der Waals surface area contributed by atoms with Crippen LogP contribution in [0.1, 0.15) is 11.1 Å². The van der Waals surface area contributed by atoms with Crippen LogP contribution in [-0.2, 0) is 20.2 Å². The number of rotatable bonds is 18. The van der Waals surface area contributed by atoms with Crippen molar-refractivity contribution in [1.29, 1.82) is 0 Å². The summed E-state index contributed by atoms with van der Waals surface area (Å²) in [6.45, 7) is -1.21. The summed E-state index contributed by atoms with van der Waals surface area (Å²) in [7, 11) is -10.5. The van der Waals surface area contributed by atoms with Crippen LogP contribution >= 0.6 is 0 Å². The van der Waals surface area contributed by atoms with Crippen molar-refractivity contribution in [2.45, 2.75) is 9.79 Å². The molecule has 0 radical (unpaired) electrons. The van der Waals surface area contributed by atoms with E-state index in [9.17, 15) is 56.6 Å². The first kappa shape index (κ1) is 62.8. The smallest absolute Gasteiger partial charge is 0.872 e. The van der Waals surface area contributed by atoms with E-state index < -0.39 is 30.0 Å². The van der Waals surface area contributed by atoms with Gasteiger partial charge in [0.15, 0.2) is 0 Å². The molecule has 6 aromatic rings. The van der Waals surface area contributed by atoms with E-state index in [1.54, 1.807) is 0 Å².